The summed E-state index contributed by atoms with van der Waals surface area (Å²) in [5, 5.41) is 3.10. The number of rotatable bonds is 8. The Labute approximate surface area is 166 Å². The zero-order valence-corrected chi connectivity index (χ0v) is 16.9. The Morgan fingerprint density at radius 3 is 1.61 bits per heavy atom. The molecule has 0 saturated carbocycles. The molecule has 0 heterocycles. The average molecular weight is 396 g/mol. The van der Waals surface area contributed by atoms with Crippen LogP contribution in [0.2, 0.25) is 0 Å². The van der Waals surface area contributed by atoms with Crippen LogP contribution in [0.25, 0.3) is 0 Å². The maximum absolute atomic E-state index is 14.0. The number of benzene rings is 3. The Bertz CT molecular complexity index is 870. The van der Waals surface area contributed by atoms with E-state index < -0.39 is 13.4 Å². The number of nitrogens with two attached hydrogens (primary N) is 1. The van der Waals surface area contributed by atoms with Crippen LogP contribution in [0.1, 0.15) is 29.9 Å². The molecule has 6 heteroatoms. The van der Waals surface area contributed by atoms with Gasteiger partial charge in [0, 0.05) is 6.04 Å². The van der Waals surface area contributed by atoms with Crippen LogP contribution in [0.4, 0.5) is 0 Å². The molecule has 3 N–H and O–H groups in total. The van der Waals surface area contributed by atoms with Gasteiger partial charge in [0.1, 0.15) is 11.5 Å². The van der Waals surface area contributed by atoms with Crippen molar-refractivity contribution in [3.05, 3.63) is 96.1 Å². The largest absolute Gasteiger partial charge is 0.452 e. The normalized spacial score (nSPS) is 13.5. The predicted molar refractivity (Wildman–Crippen MR) is 113 cm³/mol. The highest BCUT2D eigenvalue weighted by atomic mass is 31.2. The van der Waals surface area contributed by atoms with Gasteiger partial charge in [-0.2, -0.15) is 0 Å². The summed E-state index contributed by atoms with van der Waals surface area (Å²) in [6, 6.07) is 25.7. The fraction of sp³-hybridized carbons (Fsp3) is 0.182. The Morgan fingerprint density at radius 2 is 1.21 bits per heavy atom. The van der Waals surface area contributed by atoms with Crippen molar-refractivity contribution in [3.63, 3.8) is 0 Å². The van der Waals surface area contributed by atoms with Gasteiger partial charge in [-0.15, -0.1) is 0 Å². The maximum atomic E-state index is 14.0. The van der Waals surface area contributed by atoms with E-state index in [4.69, 9.17) is 14.8 Å². The fourth-order valence-corrected chi connectivity index (χ4v) is 4.80. The lowest BCUT2D eigenvalue weighted by atomic mass is 10.1. The first-order valence-electron chi connectivity index (χ1n) is 9.13. The van der Waals surface area contributed by atoms with Gasteiger partial charge in [-0.1, -0.05) is 60.7 Å². The number of hydrogen-bond donors (Lipinski definition) is 2. The molecule has 0 aliphatic rings. The van der Waals surface area contributed by atoms with Crippen LogP contribution in [0.5, 0.6) is 11.5 Å². The van der Waals surface area contributed by atoms with Gasteiger partial charge in [0.25, 0.3) is 0 Å². The maximum Gasteiger partial charge on any atom is 0.452 e. The van der Waals surface area contributed by atoms with Gasteiger partial charge in [0.2, 0.25) is 0 Å². The van der Waals surface area contributed by atoms with Crippen LogP contribution in [0.15, 0.2) is 84.9 Å². The van der Waals surface area contributed by atoms with Gasteiger partial charge < -0.3 is 20.1 Å². The first kappa shape index (κ1) is 20.2. The summed E-state index contributed by atoms with van der Waals surface area (Å²) in [5.41, 5.74) is 7.74. The van der Waals surface area contributed by atoms with E-state index >= 15 is 0 Å². The van der Waals surface area contributed by atoms with Crippen LogP contribution in [0, 0.1) is 0 Å². The van der Waals surface area contributed by atoms with E-state index in [1.807, 2.05) is 67.6 Å². The monoisotopic (exact) mass is 396 g/mol. The molecule has 0 spiro atoms. The molecular formula is C22H25N2O3P. The summed E-state index contributed by atoms with van der Waals surface area (Å²) in [7, 11) is -1.94. The van der Waals surface area contributed by atoms with Crippen molar-refractivity contribution < 1.29 is 13.6 Å². The van der Waals surface area contributed by atoms with Gasteiger partial charge >= 0.3 is 7.60 Å². The van der Waals surface area contributed by atoms with Crippen LogP contribution in [-0.2, 0) is 4.57 Å². The lowest BCUT2D eigenvalue weighted by Gasteiger charge is -2.27. The molecule has 3 rings (SSSR count). The molecule has 0 saturated heterocycles. The van der Waals surface area contributed by atoms with Gasteiger partial charge in [-0.25, -0.2) is 4.57 Å². The van der Waals surface area contributed by atoms with Gasteiger partial charge in [0.05, 0.1) is 0 Å². The molecule has 2 unspecified atom stereocenters. The molecule has 28 heavy (non-hydrogen) atoms. The highest BCUT2D eigenvalue weighted by Gasteiger charge is 2.39. The average Bonchev–Trinajstić information content (AvgIpc) is 2.70. The first-order valence-corrected chi connectivity index (χ1v) is 10.7. The molecule has 0 aromatic heterocycles. The molecule has 2 atom stereocenters. The molecule has 0 bridgehead atoms. The summed E-state index contributed by atoms with van der Waals surface area (Å²) in [4.78, 5) is 0. The van der Waals surface area contributed by atoms with Crippen molar-refractivity contribution >= 4 is 7.60 Å². The lowest BCUT2D eigenvalue weighted by molar-refractivity contribution is 0.365. The third kappa shape index (κ3) is 4.82. The van der Waals surface area contributed by atoms with Crippen LogP contribution in [0.3, 0.4) is 0 Å². The first-order chi connectivity index (χ1) is 13.5. The molecule has 146 valence electrons. The molecule has 5 nitrogen and oxygen atoms in total. The van der Waals surface area contributed by atoms with Crippen LogP contribution >= 0.6 is 7.60 Å². The van der Waals surface area contributed by atoms with Crippen LogP contribution < -0.4 is 20.1 Å². The van der Waals surface area contributed by atoms with E-state index in [0.717, 1.165) is 11.1 Å². The van der Waals surface area contributed by atoms with E-state index in [-0.39, 0.29) is 6.04 Å². The summed E-state index contributed by atoms with van der Waals surface area (Å²) in [6.07, 6.45) is 0. The molecule has 3 aromatic carbocycles. The summed E-state index contributed by atoms with van der Waals surface area (Å²) in [5.74, 6) is 0.304. The number of nitrogens with one attached hydrogen (secondary N) is 1. The molecular weight excluding hydrogens is 371 g/mol. The minimum atomic E-state index is -3.68. The zero-order chi connectivity index (χ0) is 20.0. The standard InChI is InChI=1S/C22H25N2O3P/c1-17(23)18-13-15-19(16-14-18)22(24-2)28(25,26-20-9-5-3-6-10-20)27-21-11-7-4-8-12-21/h3-17,22,24H,23H2,1-2H3. The molecule has 3 aromatic rings. The molecule has 0 fully saturated rings. The second kappa shape index (κ2) is 9.07. The Balaban J connectivity index is 1.98. The third-order valence-electron chi connectivity index (χ3n) is 4.32. The molecule has 0 amide bonds. The highest BCUT2D eigenvalue weighted by molar-refractivity contribution is 7.55. The smallest absolute Gasteiger partial charge is 0.415 e. The van der Waals surface area contributed by atoms with E-state index in [1.165, 1.54) is 0 Å². The molecule has 0 radical (unpaired) electrons. The zero-order valence-electron chi connectivity index (χ0n) is 16.0. The van der Waals surface area contributed by atoms with Gasteiger partial charge in [-0.3, -0.25) is 0 Å². The summed E-state index contributed by atoms with van der Waals surface area (Å²) >= 11 is 0. The van der Waals surface area contributed by atoms with Crippen molar-refractivity contribution in [2.75, 3.05) is 7.05 Å². The highest BCUT2D eigenvalue weighted by Crippen LogP contribution is 2.58. The Kier molecular flexibility index (Phi) is 6.53. The van der Waals surface area contributed by atoms with Crippen molar-refractivity contribution in [1.29, 1.82) is 0 Å². The predicted octanol–water partition coefficient (Wildman–Crippen LogP) is 5.28. The molecule has 0 aliphatic heterocycles. The fourth-order valence-electron chi connectivity index (χ4n) is 2.87. The summed E-state index contributed by atoms with van der Waals surface area (Å²) in [6.45, 7) is 1.92. The summed E-state index contributed by atoms with van der Waals surface area (Å²) < 4.78 is 25.8. The second-order valence-corrected chi connectivity index (χ2v) is 8.46. The third-order valence-corrected chi connectivity index (χ3v) is 6.44. The van der Waals surface area contributed by atoms with E-state index in [0.29, 0.717) is 11.5 Å². The van der Waals surface area contributed by atoms with Crippen molar-refractivity contribution in [1.82, 2.24) is 5.32 Å². The van der Waals surface area contributed by atoms with E-state index in [2.05, 4.69) is 5.32 Å². The van der Waals surface area contributed by atoms with Crippen molar-refractivity contribution in [3.8, 4) is 11.5 Å². The second-order valence-electron chi connectivity index (χ2n) is 6.50. The topological polar surface area (TPSA) is 73.6 Å². The van der Waals surface area contributed by atoms with Crippen LogP contribution in [-0.4, -0.2) is 7.05 Å². The van der Waals surface area contributed by atoms with E-state index in [9.17, 15) is 4.57 Å². The Morgan fingerprint density at radius 1 is 0.786 bits per heavy atom. The number of hydrogen-bond acceptors (Lipinski definition) is 5. The van der Waals surface area contributed by atoms with E-state index in [1.54, 1.807) is 31.3 Å². The van der Waals surface area contributed by atoms with Crippen molar-refractivity contribution in [2.45, 2.75) is 18.7 Å². The van der Waals surface area contributed by atoms with Crippen molar-refractivity contribution in [2.24, 2.45) is 5.73 Å². The minimum Gasteiger partial charge on any atom is -0.415 e. The number of para-hydroxylation sites is 2. The molecule has 0 aliphatic carbocycles. The quantitative estimate of drug-likeness (QED) is 0.507. The van der Waals surface area contributed by atoms with Gasteiger partial charge in [0.15, 0.2) is 5.78 Å². The van der Waals surface area contributed by atoms with Gasteiger partial charge in [-0.05, 0) is 49.4 Å². The Hall–Kier alpha value is -2.59. The lowest BCUT2D eigenvalue weighted by Crippen LogP contribution is -2.22. The minimum absolute atomic E-state index is 0.0740. The SMILES string of the molecule is CNC(c1ccc(C(C)N)cc1)P(=O)(Oc1ccccc1)Oc1ccccc1.